The van der Waals surface area contributed by atoms with Crippen LogP contribution in [0.2, 0.25) is 0 Å². The molecule has 6 heteroatoms. The third-order valence-electron chi connectivity index (χ3n) is 5.24. The molecular formula is C23H26N2O4. The number of methoxy groups -OCH3 is 1. The number of carbonyl (C=O) groups is 3. The van der Waals surface area contributed by atoms with Crippen molar-refractivity contribution in [2.24, 2.45) is 5.92 Å². The van der Waals surface area contributed by atoms with Crippen LogP contribution in [-0.4, -0.2) is 49.2 Å². The third kappa shape index (κ3) is 5.67. The van der Waals surface area contributed by atoms with E-state index in [9.17, 15) is 14.4 Å². The van der Waals surface area contributed by atoms with Gasteiger partial charge in [-0.1, -0.05) is 30.3 Å². The molecule has 1 saturated heterocycles. The summed E-state index contributed by atoms with van der Waals surface area (Å²) >= 11 is 0. The minimum atomic E-state index is -0.172. The summed E-state index contributed by atoms with van der Waals surface area (Å²) in [6, 6.07) is 16.5. The zero-order valence-corrected chi connectivity index (χ0v) is 16.6. The minimum Gasteiger partial charge on any atom is -0.497 e. The molecule has 0 unspecified atom stereocenters. The number of piperidine rings is 1. The third-order valence-corrected chi connectivity index (χ3v) is 5.24. The summed E-state index contributed by atoms with van der Waals surface area (Å²) in [7, 11) is 1.59. The van der Waals surface area contributed by atoms with Gasteiger partial charge in [0.2, 0.25) is 11.8 Å². The molecule has 1 N–H and O–H groups in total. The fourth-order valence-electron chi connectivity index (χ4n) is 3.51. The van der Waals surface area contributed by atoms with Crippen molar-refractivity contribution in [2.45, 2.75) is 19.3 Å². The molecule has 0 saturated carbocycles. The van der Waals surface area contributed by atoms with E-state index in [2.05, 4.69) is 5.32 Å². The van der Waals surface area contributed by atoms with Crippen molar-refractivity contribution >= 4 is 17.6 Å². The number of amides is 2. The summed E-state index contributed by atoms with van der Waals surface area (Å²) in [6.07, 6.45) is 1.52. The van der Waals surface area contributed by atoms with Crippen molar-refractivity contribution in [3.8, 4) is 5.75 Å². The number of hydrogen-bond donors (Lipinski definition) is 1. The Bertz CT molecular complexity index is 841. The van der Waals surface area contributed by atoms with Gasteiger partial charge in [0.25, 0.3) is 0 Å². The predicted molar refractivity (Wildman–Crippen MR) is 110 cm³/mol. The molecule has 29 heavy (non-hydrogen) atoms. The Balaban J connectivity index is 1.43. The summed E-state index contributed by atoms with van der Waals surface area (Å²) in [5.41, 5.74) is 1.58. The van der Waals surface area contributed by atoms with E-state index in [4.69, 9.17) is 4.74 Å². The van der Waals surface area contributed by atoms with Gasteiger partial charge in [0, 0.05) is 24.6 Å². The number of likely N-dealkylation sites (tertiary alicyclic amines) is 1. The SMILES string of the molecule is COc1ccc(C(=O)C2CCN(C(=O)CNC(=O)Cc3ccccc3)CC2)cc1. The molecular weight excluding hydrogens is 368 g/mol. The lowest BCUT2D eigenvalue weighted by molar-refractivity contribution is -0.133. The highest BCUT2D eigenvalue weighted by atomic mass is 16.5. The highest BCUT2D eigenvalue weighted by Gasteiger charge is 2.28. The first kappa shape index (κ1) is 20.6. The van der Waals surface area contributed by atoms with Crippen LogP contribution in [0, 0.1) is 5.92 Å². The van der Waals surface area contributed by atoms with Gasteiger partial charge in [0.15, 0.2) is 5.78 Å². The molecule has 0 bridgehead atoms. The second-order valence-electron chi connectivity index (χ2n) is 7.19. The Morgan fingerprint density at radius 1 is 1.00 bits per heavy atom. The number of ether oxygens (including phenoxy) is 1. The van der Waals surface area contributed by atoms with Crippen LogP contribution < -0.4 is 10.1 Å². The maximum absolute atomic E-state index is 12.7. The molecule has 1 heterocycles. The first-order valence-corrected chi connectivity index (χ1v) is 9.83. The molecule has 0 radical (unpaired) electrons. The Kier molecular flexibility index (Phi) is 7.00. The first-order valence-electron chi connectivity index (χ1n) is 9.83. The van der Waals surface area contributed by atoms with Crippen LogP contribution >= 0.6 is 0 Å². The minimum absolute atomic E-state index is 0.0112. The molecule has 0 aliphatic carbocycles. The number of hydrogen-bond acceptors (Lipinski definition) is 4. The van der Waals surface area contributed by atoms with E-state index < -0.39 is 0 Å². The lowest BCUT2D eigenvalue weighted by Crippen LogP contribution is -2.45. The van der Waals surface area contributed by atoms with Crippen LogP contribution in [0.3, 0.4) is 0 Å². The van der Waals surface area contributed by atoms with Gasteiger partial charge in [-0.2, -0.15) is 0 Å². The van der Waals surface area contributed by atoms with Crippen molar-refractivity contribution in [2.75, 3.05) is 26.7 Å². The van der Waals surface area contributed by atoms with E-state index >= 15 is 0 Å². The van der Waals surface area contributed by atoms with E-state index in [1.807, 2.05) is 30.3 Å². The lowest BCUT2D eigenvalue weighted by atomic mass is 9.89. The molecule has 152 valence electrons. The summed E-state index contributed by atoms with van der Waals surface area (Å²) in [6.45, 7) is 1.04. The number of ketones is 1. The fraction of sp³-hybridized carbons (Fsp3) is 0.348. The number of Topliss-reactive ketones (excluding diaryl/α,β-unsaturated/α-hetero) is 1. The van der Waals surface area contributed by atoms with Gasteiger partial charge in [-0.3, -0.25) is 14.4 Å². The normalized spacial score (nSPS) is 14.3. The van der Waals surface area contributed by atoms with Crippen molar-refractivity contribution < 1.29 is 19.1 Å². The van der Waals surface area contributed by atoms with Crippen LogP contribution in [0.25, 0.3) is 0 Å². The Hall–Kier alpha value is -3.15. The quantitative estimate of drug-likeness (QED) is 0.732. The van der Waals surface area contributed by atoms with Gasteiger partial charge < -0.3 is 15.0 Å². The molecule has 0 atom stereocenters. The zero-order chi connectivity index (χ0) is 20.6. The molecule has 0 aromatic heterocycles. The van der Waals surface area contributed by atoms with Crippen LogP contribution in [0.4, 0.5) is 0 Å². The second-order valence-corrected chi connectivity index (χ2v) is 7.19. The van der Waals surface area contributed by atoms with E-state index in [0.717, 1.165) is 11.3 Å². The van der Waals surface area contributed by atoms with E-state index in [-0.39, 0.29) is 36.5 Å². The van der Waals surface area contributed by atoms with Gasteiger partial charge in [-0.05, 0) is 42.7 Å². The van der Waals surface area contributed by atoms with Crippen molar-refractivity contribution in [1.29, 1.82) is 0 Å². The highest BCUT2D eigenvalue weighted by molar-refractivity contribution is 5.98. The molecule has 0 spiro atoms. The van der Waals surface area contributed by atoms with Gasteiger partial charge in [0.05, 0.1) is 20.1 Å². The van der Waals surface area contributed by atoms with Crippen molar-refractivity contribution in [3.63, 3.8) is 0 Å². The zero-order valence-electron chi connectivity index (χ0n) is 16.6. The molecule has 6 nitrogen and oxygen atoms in total. The fourth-order valence-corrected chi connectivity index (χ4v) is 3.51. The van der Waals surface area contributed by atoms with Crippen molar-refractivity contribution in [1.82, 2.24) is 10.2 Å². The van der Waals surface area contributed by atoms with E-state index in [0.29, 0.717) is 31.5 Å². The predicted octanol–water partition coefficient (Wildman–Crippen LogP) is 2.48. The number of carbonyl (C=O) groups excluding carboxylic acids is 3. The van der Waals surface area contributed by atoms with Gasteiger partial charge >= 0.3 is 0 Å². The second kappa shape index (κ2) is 9.87. The number of rotatable bonds is 7. The van der Waals surface area contributed by atoms with Gasteiger partial charge in [0.1, 0.15) is 5.75 Å². The first-order chi connectivity index (χ1) is 14.1. The molecule has 1 aliphatic heterocycles. The van der Waals surface area contributed by atoms with Crippen LogP contribution in [0.5, 0.6) is 5.75 Å². The average Bonchev–Trinajstić information content (AvgIpc) is 2.78. The van der Waals surface area contributed by atoms with E-state index in [1.54, 1.807) is 36.3 Å². The Morgan fingerprint density at radius 2 is 1.66 bits per heavy atom. The molecule has 3 rings (SSSR count). The van der Waals surface area contributed by atoms with E-state index in [1.165, 1.54) is 0 Å². The van der Waals surface area contributed by atoms with Crippen LogP contribution in [0.1, 0.15) is 28.8 Å². The highest BCUT2D eigenvalue weighted by Crippen LogP contribution is 2.23. The number of benzene rings is 2. The van der Waals surface area contributed by atoms with Crippen LogP contribution in [0.15, 0.2) is 54.6 Å². The summed E-state index contributed by atoms with van der Waals surface area (Å²) in [5.74, 6) is 0.461. The molecule has 2 aromatic carbocycles. The van der Waals surface area contributed by atoms with Crippen LogP contribution in [-0.2, 0) is 16.0 Å². The maximum Gasteiger partial charge on any atom is 0.241 e. The van der Waals surface area contributed by atoms with Gasteiger partial charge in [-0.25, -0.2) is 0 Å². The standard InChI is InChI=1S/C23H26N2O4/c1-29-20-9-7-18(8-10-20)23(28)19-11-13-25(14-12-19)22(27)16-24-21(26)15-17-5-3-2-4-6-17/h2-10,19H,11-16H2,1H3,(H,24,26). The number of nitrogens with one attached hydrogen (secondary N) is 1. The summed E-state index contributed by atoms with van der Waals surface area (Å²) < 4.78 is 5.12. The Morgan fingerprint density at radius 3 is 2.28 bits per heavy atom. The molecule has 2 aromatic rings. The largest absolute Gasteiger partial charge is 0.497 e. The summed E-state index contributed by atoms with van der Waals surface area (Å²) in [5, 5.41) is 2.69. The maximum atomic E-state index is 12.7. The lowest BCUT2D eigenvalue weighted by Gasteiger charge is -2.31. The molecule has 1 aliphatic rings. The smallest absolute Gasteiger partial charge is 0.241 e. The molecule has 1 fully saturated rings. The van der Waals surface area contributed by atoms with Gasteiger partial charge in [-0.15, -0.1) is 0 Å². The average molecular weight is 394 g/mol. The monoisotopic (exact) mass is 394 g/mol. The number of nitrogens with zero attached hydrogens (tertiary/aromatic N) is 1. The molecule has 2 amide bonds. The summed E-state index contributed by atoms with van der Waals surface area (Å²) in [4.78, 5) is 38.8. The van der Waals surface area contributed by atoms with Crippen molar-refractivity contribution in [3.05, 3.63) is 65.7 Å². The Labute approximate surface area is 170 Å². The topological polar surface area (TPSA) is 75.7 Å².